The Hall–Kier alpha value is -2.18. The Morgan fingerprint density at radius 1 is 1.03 bits per heavy atom. The molecule has 30 heavy (non-hydrogen) atoms. The van der Waals surface area contributed by atoms with Gasteiger partial charge in [-0.3, -0.25) is 4.79 Å². The molecule has 2 aromatic rings. The third-order valence-electron chi connectivity index (χ3n) is 6.12. The van der Waals surface area contributed by atoms with Crippen molar-refractivity contribution in [3.05, 3.63) is 70.3 Å². The lowest BCUT2D eigenvalue weighted by molar-refractivity contribution is -0.126. The number of rotatable bonds is 6. The SMILES string of the molecule is Cc1cc(C)c([C@@H](C)NC(=O)C2CCN(S(=O)(=O)Cc3ccccc3)CC2)cc1C. The first-order chi connectivity index (χ1) is 14.2. The van der Waals surface area contributed by atoms with Crippen LogP contribution in [0.5, 0.6) is 0 Å². The van der Waals surface area contributed by atoms with Gasteiger partial charge in [0.1, 0.15) is 0 Å². The maximum atomic E-state index is 12.8. The van der Waals surface area contributed by atoms with Gasteiger partial charge in [0.05, 0.1) is 11.8 Å². The zero-order chi connectivity index (χ0) is 21.9. The van der Waals surface area contributed by atoms with Crippen molar-refractivity contribution in [2.45, 2.75) is 52.3 Å². The van der Waals surface area contributed by atoms with Crippen LogP contribution in [0.15, 0.2) is 42.5 Å². The maximum Gasteiger partial charge on any atom is 0.223 e. The van der Waals surface area contributed by atoms with Crippen molar-refractivity contribution in [1.82, 2.24) is 9.62 Å². The molecule has 1 heterocycles. The number of benzene rings is 2. The predicted octanol–water partition coefficient (Wildman–Crippen LogP) is 4.03. The van der Waals surface area contributed by atoms with Gasteiger partial charge < -0.3 is 5.32 Å². The summed E-state index contributed by atoms with van der Waals surface area (Å²) < 4.78 is 27.0. The Kier molecular flexibility index (Phi) is 6.98. The van der Waals surface area contributed by atoms with Crippen molar-refractivity contribution < 1.29 is 13.2 Å². The minimum atomic E-state index is -3.36. The molecule has 1 aliphatic rings. The van der Waals surface area contributed by atoms with E-state index in [2.05, 4.69) is 38.2 Å². The monoisotopic (exact) mass is 428 g/mol. The molecule has 0 bridgehead atoms. The average Bonchev–Trinajstić information content (AvgIpc) is 2.71. The molecule has 2 aromatic carbocycles. The Morgan fingerprint density at radius 3 is 2.27 bits per heavy atom. The van der Waals surface area contributed by atoms with E-state index in [-0.39, 0.29) is 23.6 Å². The zero-order valence-corrected chi connectivity index (χ0v) is 19.1. The Morgan fingerprint density at radius 2 is 1.63 bits per heavy atom. The number of aryl methyl sites for hydroxylation is 3. The largest absolute Gasteiger partial charge is 0.349 e. The Bertz CT molecular complexity index is 995. The fourth-order valence-corrected chi connectivity index (χ4v) is 5.69. The maximum absolute atomic E-state index is 12.8. The van der Waals surface area contributed by atoms with Gasteiger partial charge in [-0.05, 0) is 68.4 Å². The van der Waals surface area contributed by atoms with Gasteiger partial charge in [0.15, 0.2) is 0 Å². The number of piperidine rings is 1. The first kappa shape index (κ1) is 22.5. The van der Waals surface area contributed by atoms with Crippen molar-refractivity contribution in [2.24, 2.45) is 5.92 Å². The van der Waals surface area contributed by atoms with E-state index in [9.17, 15) is 13.2 Å². The number of nitrogens with zero attached hydrogens (tertiary/aromatic N) is 1. The highest BCUT2D eigenvalue weighted by Crippen LogP contribution is 2.25. The fraction of sp³-hybridized carbons (Fsp3) is 0.458. The van der Waals surface area contributed by atoms with E-state index in [0.717, 1.165) is 11.1 Å². The van der Waals surface area contributed by atoms with Gasteiger partial charge >= 0.3 is 0 Å². The molecule has 1 fully saturated rings. The molecule has 1 saturated heterocycles. The molecule has 0 unspecified atom stereocenters. The summed E-state index contributed by atoms with van der Waals surface area (Å²) in [5, 5.41) is 3.14. The molecule has 1 aliphatic heterocycles. The average molecular weight is 429 g/mol. The van der Waals surface area contributed by atoms with E-state index in [0.29, 0.717) is 25.9 Å². The molecule has 162 valence electrons. The smallest absolute Gasteiger partial charge is 0.223 e. The summed E-state index contributed by atoms with van der Waals surface area (Å²) in [7, 11) is -3.36. The molecule has 0 spiro atoms. The summed E-state index contributed by atoms with van der Waals surface area (Å²) >= 11 is 0. The summed E-state index contributed by atoms with van der Waals surface area (Å²) in [6.07, 6.45) is 1.11. The Balaban J connectivity index is 1.57. The van der Waals surface area contributed by atoms with Gasteiger partial charge in [0.25, 0.3) is 0 Å². The quantitative estimate of drug-likeness (QED) is 0.755. The molecule has 0 radical (unpaired) electrons. The van der Waals surface area contributed by atoms with Crippen LogP contribution in [0.4, 0.5) is 0 Å². The molecule has 0 saturated carbocycles. The van der Waals surface area contributed by atoms with E-state index < -0.39 is 10.0 Å². The van der Waals surface area contributed by atoms with E-state index in [1.807, 2.05) is 37.3 Å². The lowest BCUT2D eigenvalue weighted by Crippen LogP contribution is -2.43. The first-order valence-corrected chi connectivity index (χ1v) is 12.2. The third kappa shape index (κ3) is 5.29. The van der Waals surface area contributed by atoms with Crippen LogP contribution in [0.25, 0.3) is 0 Å². The number of carbonyl (C=O) groups excluding carboxylic acids is 1. The minimum Gasteiger partial charge on any atom is -0.349 e. The predicted molar refractivity (Wildman–Crippen MR) is 121 cm³/mol. The van der Waals surface area contributed by atoms with Gasteiger partial charge in [0, 0.05) is 19.0 Å². The molecule has 3 rings (SSSR count). The van der Waals surface area contributed by atoms with Crippen molar-refractivity contribution in [2.75, 3.05) is 13.1 Å². The van der Waals surface area contributed by atoms with Gasteiger partial charge in [-0.15, -0.1) is 0 Å². The van der Waals surface area contributed by atoms with Gasteiger partial charge in [-0.1, -0.05) is 42.5 Å². The van der Waals surface area contributed by atoms with Crippen molar-refractivity contribution in [3.63, 3.8) is 0 Å². The summed E-state index contributed by atoms with van der Waals surface area (Å²) in [6.45, 7) is 9.04. The summed E-state index contributed by atoms with van der Waals surface area (Å²) in [5.41, 5.74) is 5.56. The molecule has 6 heteroatoms. The molecule has 1 N–H and O–H groups in total. The minimum absolute atomic E-state index is 0.00773. The van der Waals surface area contributed by atoms with Crippen LogP contribution in [-0.2, 0) is 20.6 Å². The number of amides is 1. The first-order valence-electron chi connectivity index (χ1n) is 10.6. The van der Waals surface area contributed by atoms with Crippen molar-refractivity contribution >= 4 is 15.9 Å². The second-order valence-corrected chi connectivity index (χ2v) is 10.4. The number of nitrogens with one attached hydrogen (secondary N) is 1. The van der Waals surface area contributed by atoms with Gasteiger partial charge in [0.2, 0.25) is 15.9 Å². The summed E-state index contributed by atoms with van der Waals surface area (Å²) in [6, 6.07) is 13.5. The lowest BCUT2D eigenvalue weighted by atomic mass is 9.94. The molecular weight excluding hydrogens is 396 g/mol. The highest BCUT2D eigenvalue weighted by molar-refractivity contribution is 7.88. The van der Waals surface area contributed by atoms with E-state index in [1.54, 1.807) is 0 Å². The molecule has 1 atom stereocenters. The highest BCUT2D eigenvalue weighted by Gasteiger charge is 2.31. The normalized spacial score (nSPS) is 16.9. The molecule has 1 amide bonds. The van der Waals surface area contributed by atoms with Crippen LogP contribution in [-0.4, -0.2) is 31.7 Å². The van der Waals surface area contributed by atoms with Crippen LogP contribution in [0, 0.1) is 26.7 Å². The van der Waals surface area contributed by atoms with Crippen LogP contribution >= 0.6 is 0 Å². The topological polar surface area (TPSA) is 66.5 Å². The number of hydrogen-bond donors (Lipinski definition) is 1. The van der Waals surface area contributed by atoms with Crippen LogP contribution in [0.1, 0.15) is 53.6 Å². The lowest BCUT2D eigenvalue weighted by Gasteiger charge is -2.31. The van der Waals surface area contributed by atoms with E-state index >= 15 is 0 Å². The van der Waals surface area contributed by atoms with Crippen LogP contribution < -0.4 is 5.32 Å². The molecule has 5 nitrogen and oxygen atoms in total. The molecular formula is C24H32N2O3S. The summed E-state index contributed by atoms with van der Waals surface area (Å²) in [5.74, 6) is -0.129. The number of carbonyl (C=O) groups is 1. The number of hydrogen-bond acceptors (Lipinski definition) is 3. The fourth-order valence-electron chi connectivity index (χ4n) is 4.13. The standard InChI is InChI=1S/C24H32N2O3S/c1-17-14-19(3)23(15-18(17)2)20(4)25-24(27)22-10-12-26(13-11-22)30(28,29)16-21-8-6-5-7-9-21/h5-9,14-15,20,22H,10-13,16H2,1-4H3,(H,25,27)/t20-/m1/s1. The number of sulfonamides is 1. The third-order valence-corrected chi connectivity index (χ3v) is 7.97. The van der Waals surface area contributed by atoms with Crippen molar-refractivity contribution in [3.8, 4) is 0 Å². The van der Waals surface area contributed by atoms with E-state index in [4.69, 9.17) is 0 Å². The van der Waals surface area contributed by atoms with Gasteiger partial charge in [-0.25, -0.2) is 12.7 Å². The highest BCUT2D eigenvalue weighted by atomic mass is 32.2. The van der Waals surface area contributed by atoms with Crippen molar-refractivity contribution in [1.29, 1.82) is 0 Å². The van der Waals surface area contributed by atoms with Crippen LogP contribution in [0.2, 0.25) is 0 Å². The van der Waals surface area contributed by atoms with E-state index in [1.165, 1.54) is 21.0 Å². The second kappa shape index (κ2) is 9.31. The summed E-state index contributed by atoms with van der Waals surface area (Å²) in [4.78, 5) is 12.8. The second-order valence-electron chi connectivity index (χ2n) is 8.44. The van der Waals surface area contributed by atoms with Gasteiger partial charge in [-0.2, -0.15) is 0 Å². The molecule has 0 aromatic heterocycles. The van der Waals surface area contributed by atoms with Crippen LogP contribution in [0.3, 0.4) is 0 Å². The zero-order valence-electron chi connectivity index (χ0n) is 18.3. The Labute approximate surface area is 180 Å². The molecule has 0 aliphatic carbocycles.